The monoisotopic (exact) mass is 253 g/mol. The lowest BCUT2D eigenvalue weighted by Gasteiger charge is -2.11. The molecule has 1 aromatic carbocycles. The predicted octanol–water partition coefficient (Wildman–Crippen LogP) is 0.436. The molecule has 1 aromatic rings. The van der Waals surface area contributed by atoms with Gasteiger partial charge in [0.15, 0.2) is 0 Å². The Hall–Kier alpha value is -2.08. The van der Waals surface area contributed by atoms with Crippen molar-refractivity contribution >= 4 is 11.9 Å². The van der Waals surface area contributed by atoms with E-state index in [1.54, 1.807) is 12.1 Å². The number of carboxylic acid groups (broad SMARTS) is 1. The molecule has 0 amide bonds. The molecule has 6 heteroatoms. The van der Waals surface area contributed by atoms with Crippen molar-refractivity contribution in [1.82, 2.24) is 0 Å². The number of carbonyl (C=O) groups excluding carboxylic acids is 1. The van der Waals surface area contributed by atoms with Gasteiger partial charge in [-0.3, -0.25) is 4.79 Å². The number of benzene rings is 1. The molecular weight excluding hydrogens is 238 g/mol. The first-order chi connectivity index (χ1) is 8.49. The van der Waals surface area contributed by atoms with Gasteiger partial charge in [-0.05, 0) is 24.1 Å². The first-order valence-corrected chi connectivity index (χ1v) is 5.23. The van der Waals surface area contributed by atoms with Crippen LogP contribution in [0.1, 0.15) is 15.9 Å². The summed E-state index contributed by atoms with van der Waals surface area (Å²) in [6.07, 6.45) is 0.253. The first-order valence-electron chi connectivity index (χ1n) is 5.23. The lowest BCUT2D eigenvalue weighted by molar-refractivity contribution is -0.142. The van der Waals surface area contributed by atoms with Gasteiger partial charge in [-0.25, -0.2) is 4.79 Å². The maximum atomic E-state index is 11.2. The molecule has 0 aliphatic heterocycles. The maximum absolute atomic E-state index is 11.2. The van der Waals surface area contributed by atoms with Crippen molar-refractivity contribution in [2.24, 2.45) is 5.73 Å². The van der Waals surface area contributed by atoms with E-state index in [9.17, 15) is 9.59 Å². The molecule has 0 aliphatic carbocycles. The van der Waals surface area contributed by atoms with E-state index in [0.29, 0.717) is 5.56 Å². The quantitative estimate of drug-likeness (QED) is 0.738. The van der Waals surface area contributed by atoms with Gasteiger partial charge in [-0.2, -0.15) is 0 Å². The first kappa shape index (κ1) is 14.0. The lowest BCUT2D eigenvalue weighted by atomic mass is 10.0. The van der Waals surface area contributed by atoms with Gasteiger partial charge in [0.2, 0.25) is 0 Å². The average Bonchev–Trinajstić information content (AvgIpc) is 2.37. The standard InChI is InChI=1S/C12H15NO5/c1-17-10-6-7(3-4-8(10)11(14)15)5-9(13)12(16)18-2/h3-4,6,9H,5,13H2,1-2H3,(H,14,15)/t9-/m0/s1. The summed E-state index contributed by atoms with van der Waals surface area (Å²) < 4.78 is 9.49. The number of ether oxygens (including phenoxy) is 2. The molecule has 18 heavy (non-hydrogen) atoms. The van der Waals surface area contributed by atoms with E-state index >= 15 is 0 Å². The van der Waals surface area contributed by atoms with Gasteiger partial charge in [-0.15, -0.1) is 0 Å². The maximum Gasteiger partial charge on any atom is 0.339 e. The highest BCUT2D eigenvalue weighted by Gasteiger charge is 2.16. The number of aromatic carboxylic acids is 1. The third kappa shape index (κ3) is 3.21. The van der Waals surface area contributed by atoms with Crippen LogP contribution in [0.15, 0.2) is 18.2 Å². The van der Waals surface area contributed by atoms with Crippen molar-refractivity contribution in [2.75, 3.05) is 14.2 Å². The van der Waals surface area contributed by atoms with Crippen LogP contribution in [0, 0.1) is 0 Å². The highest BCUT2D eigenvalue weighted by atomic mass is 16.5. The molecule has 0 saturated carbocycles. The summed E-state index contributed by atoms with van der Waals surface area (Å²) in [7, 11) is 2.64. The van der Waals surface area contributed by atoms with Crippen LogP contribution in [-0.4, -0.2) is 37.3 Å². The molecule has 0 bridgehead atoms. The topological polar surface area (TPSA) is 98.9 Å². The smallest absolute Gasteiger partial charge is 0.339 e. The van der Waals surface area contributed by atoms with E-state index in [2.05, 4.69) is 4.74 Å². The van der Waals surface area contributed by atoms with Gasteiger partial charge in [-0.1, -0.05) is 6.07 Å². The Bertz CT molecular complexity index is 458. The van der Waals surface area contributed by atoms with E-state index in [1.165, 1.54) is 20.3 Å². The van der Waals surface area contributed by atoms with Crippen LogP contribution in [0.5, 0.6) is 5.75 Å². The molecule has 0 unspecified atom stereocenters. The van der Waals surface area contributed by atoms with Crippen LogP contribution in [0.2, 0.25) is 0 Å². The minimum atomic E-state index is -1.07. The van der Waals surface area contributed by atoms with Crippen LogP contribution in [0.3, 0.4) is 0 Å². The molecule has 0 spiro atoms. The second-order valence-electron chi connectivity index (χ2n) is 3.67. The molecule has 0 heterocycles. The summed E-state index contributed by atoms with van der Waals surface area (Å²) in [5.41, 5.74) is 6.38. The average molecular weight is 253 g/mol. The molecule has 0 saturated heterocycles. The molecule has 1 rings (SSSR count). The zero-order valence-electron chi connectivity index (χ0n) is 10.2. The Morgan fingerprint density at radius 1 is 1.39 bits per heavy atom. The number of methoxy groups -OCH3 is 2. The van der Waals surface area contributed by atoms with Crippen molar-refractivity contribution in [3.8, 4) is 5.75 Å². The molecule has 1 atom stereocenters. The fraction of sp³-hybridized carbons (Fsp3) is 0.333. The molecule has 0 aliphatic rings. The summed E-state index contributed by atoms with van der Waals surface area (Å²) >= 11 is 0. The summed E-state index contributed by atoms with van der Waals surface area (Å²) in [5.74, 6) is -1.36. The third-order valence-corrected chi connectivity index (χ3v) is 2.46. The lowest BCUT2D eigenvalue weighted by Crippen LogP contribution is -2.33. The SMILES string of the molecule is COC(=O)[C@@H](N)Cc1ccc(C(=O)O)c(OC)c1. The van der Waals surface area contributed by atoms with Crippen molar-refractivity contribution in [2.45, 2.75) is 12.5 Å². The van der Waals surface area contributed by atoms with Crippen molar-refractivity contribution in [3.63, 3.8) is 0 Å². The van der Waals surface area contributed by atoms with Crippen molar-refractivity contribution < 1.29 is 24.2 Å². The molecule has 0 aromatic heterocycles. The van der Waals surface area contributed by atoms with E-state index in [4.69, 9.17) is 15.6 Å². The van der Waals surface area contributed by atoms with Crippen molar-refractivity contribution in [1.29, 1.82) is 0 Å². The fourth-order valence-electron chi connectivity index (χ4n) is 1.53. The molecule has 98 valence electrons. The number of carbonyl (C=O) groups is 2. The number of hydrogen-bond donors (Lipinski definition) is 2. The van der Waals surface area contributed by atoms with Gasteiger partial charge < -0.3 is 20.3 Å². The Kier molecular flexibility index (Phi) is 4.67. The Morgan fingerprint density at radius 3 is 2.56 bits per heavy atom. The van der Waals surface area contributed by atoms with Crippen molar-refractivity contribution in [3.05, 3.63) is 29.3 Å². The number of nitrogens with two attached hydrogens (primary N) is 1. The molecule has 0 radical (unpaired) electrons. The van der Waals surface area contributed by atoms with E-state index in [1.807, 2.05) is 0 Å². The minimum absolute atomic E-state index is 0.0629. The van der Waals surface area contributed by atoms with Gasteiger partial charge in [0.05, 0.1) is 14.2 Å². The zero-order valence-corrected chi connectivity index (χ0v) is 10.2. The van der Waals surface area contributed by atoms with Gasteiger partial charge in [0.25, 0.3) is 0 Å². The van der Waals surface area contributed by atoms with Crippen LogP contribution in [-0.2, 0) is 16.0 Å². The molecule has 6 nitrogen and oxygen atoms in total. The molecular formula is C12H15NO5. The van der Waals surface area contributed by atoms with Gasteiger partial charge >= 0.3 is 11.9 Å². The Morgan fingerprint density at radius 2 is 2.06 bits per heavy atom. The molecule has 3 N–H and O–H groups in total. The second-order valence-corrected chi connectivity index (χ2v) is 3.67. The number of esters is 1. The summed E-state index contributed by atoms with van der Waals surface area (Å²) in [6, 6.07) is 3.78. The molecule has 0 fully saturated rings. The number of rotatable bonds is 5. The van der Waals surface area contributed by atoms with Gasteiger partial charge in [0, 0.05) is 0 Å². The largest absolute Gasteiger partial charge is 0.496 e. The minimum Gasteiger partial charge on any atom is -0.496 e. The van der Waals surface area contributed by atoms with Crippen LogP contribution in [0.25, 0.3) is 0 Å². The fourth-order valence-corrected chi connectivity index (χ4v) is 1.53. The Labute approximate surface area is 104 Å². The van der Waals surface area contributed by atoms with E-state index < -0.39 is 18.0 Å². The number of carboxylic acids is 1. The van der Waals surface area contributed by atoms with E-state index in [0.717, 1.165) is 0 Å². The van der Waals surface area contributed by atoms with Crippen LogP contribution in [0.4, 0.5) is 0 Å². The highest BCUT2D eigenvalue weighted by molar-refractivity contribution is 5.91. The summed E-state index contributed by atoms with van der Waals surface area (Å²) in [6.45, 7) is 0. The van der Waals surface area contributed by atoms with Crippen LogP contribution >= 0.6 is 0 Å². The highest BCUT2D eigenvalue weighted by Crippen LogP contribution is 2.21. The normalized spacial score (nSPS) is 11.7. The van der Waals surface area contributed by atoms with Crippen LogP contribution < -0.4 is 10.5 Å². The third-order valence-electron chi connectivity index (χ3n) is 2.46. The zero-order chi connectivity index (χ0) is 13.7. The summed E-state index contributed by atoms with van der Waals surface area (Å²) in [4.78, 5) is 22.1. The number of hydrogen-bond acceptors (Lipinski definition) is 5. The second kappa shape index (κ2) is 6.02. The van der Waals surface area contributed by atoms with Gasteiger partial charge in [0.1, 0.15) is 17.4 Å². The Balaban J connectivity index is 2.92. The predicted molar refractivity (Wildman–Crippen MR) is 63.6 cm³/mol. The van der Waals surface area contributed by atoms with E-state index in [-0.39, 0.29) is 17.7 Å². The summed E-state index contributed by atoms with van der Waals surface area (Å²) in [5, 5.41) is 8.92.